The van der Waals surface area contributed by atoms with E-state index in [9.17, 15) is 0 Å². The lowest BCUT2D eigenvalue weighted by Gasteiger charge is -2.18. The first kappa shape index (κ1) is 21.3. The quantitative estimate of drug-likeness (QED) is 0.515. The summed E-state index contributed by atoms with van der Waals surface area (Å²) in [6, 6.07) is 6.19. The van der Waals surface area contributed by atoms with Gasteiger partial charge in [0.05, 0.1) is 19.3 Å². The van der Waals surface area contributed by atoms with Crippen molar-refractivity contribution in [1.82, 2.24) is 20.4 Å². The second-order valence-electron chi connectivity index (χ2n) is 6.67. The molecule has 0 aliphatic carbocycles. The SMILES string of the molecule is CCNC(=NCc1cc(Br)ccc1OC)NC(C)Cc1c(C)nn(C)c1C. The number of aryl methyl sites for hydroxylation is 2. The Labute approximate surface area is 170 Å². The van der Waals surface area contributed by atoms with Gasteiger partial charge >= 0.3 is 0 Å². The Balaban J connectivity index is 2.10. The summed E-state index contributed by atoms with van der Waals surface area (Å²) in [5, 5.41) is 11.3. The van der Waals surface area contributed by atoms with Gasteiger partial charge in [0, 0.05) is 35.4 Å². The lowest BCUT2D eigenvalue weighted by Crippen LogP contribution is -2.43. The molecule has 1 unspecified atom stereocenters. The van der Waals surface area contributed by atoms with E-state index in [0.29, 0.717) is 6.54 Å². The third-order valence-corrected chi connectivity index (χ3v) is 5.04. The largest absolute Gasteiger partial charge is 0.496 e. The van der Waals surface area contributed by atoms with Crippen molar-refractivity contribution in [3.05, 3.63) is 45.2 Å². The molecule has 1 aromatic carbocycles. The molecular weight excluding hydrogens is 406 g/mol. The van der Waals surface area contributed by atoms with Crippen LogP contribution in [0.15, 0.2) is 27.7 Å². The molecule has 0 amide bonds. The van der Waals surface area contributed by atoms with E-state index >= 15 is 0 Å². The van der Waals surface area contributed by atoms with Crippen molar-refractivity contribution in [2.45, 2.75) is 46.7 Å². The van der Waals surface area contributed by atoms with E-state index < -0.39 is 0 Å². The van der Waals surface area contributed by atoms with Crippen LogP contribution in [0.5, 0.6) is 5.75 Å². The van der Waals surface area contributed by atoms with Crippen LogP contribution in [0.3, 0.4) is 0 Å². The fourth-order valence-corrected chi connectivity index (χ4v) is 3.47. The molecule has 27 heavy (non-hydrogen) atoms. The standard InChI is InChI=1S/C20H30BrN5O/c1-7-22-20(23-12-16-11-17(21)8-9-19(16)27-6)24-13(2)10-18-14(3)25-26(5)15(18)4/h8-9,11,13H,7,10,12H2,1-6H3,(H2,22,23,24). The predicted octanol–water partition coefficient (Wildman–Crippen LogP) is 3.49. The van der Waals surface area contributed by atoms with Crippen LogP contribution in [-0.2, 0) is 20.0 Å². The van der Waals surface area contributed by atoms with Crippen molar-refractivity contribution in [3.63, 3.8) is 0 Å². The van der Waals surface area contributed by atoms with Gasteiger partial charge < -0.3 is 15.4 Å². The van der Waals surface area contributed by atoms with Crippen LogP contribution in [-0.4, -0.2) is 35.4 Å². The maximum absolute atomic E-state index is 5.44. The Morgan fingerprint density at radius 3 is 2.70 bits per heavy atom. The van der Waals surface area contributed by atoms with E-state index in [4.69, 9.17) is 9.73 Å². The molecule has 148 valence electrons. The number of benzene rings is 1. The zero-order chi connectivity index (χ0) is 20.0. The Kier molecular flexibility index (Phi) is 7.71. The molecule has 0 bridgehead atoms. The highest BCUT2D eigenvalue weighted by Gasteiger charge is 2.14. The van der Waals surface area contributed by atoms with Crippen LogP contribution in [0.2, 0.25) is 0 Å². The van der Waals surface area contributed by atoms with Crippen molar-refractivity contribution < 1.29 is 4.74 Å². The molecule has 2 rings (SSSR count). The summed E-state index contributed by atoms with van der Waals surface area (Å²) in [7, 11) is 3.67. The van der Waals surface area contributed by atoms with E-state index in [-0.39, 0.29) is 6.04 Å². The van der Waals surface area contributed by atoms with Gasteiger partial charge in [-0.25, -0.2) is 4.99 Å². The smallest absolute Gasteiger partial charge is 0.191 e. The minimum atomic E-state index is 0.230. The summed E-state index contributed by atoms with van der Waals surface area (Å²) in [5.74, 6) is 1.64. The summed E-state index contributed by atoms with van der Waals surface area (Å²) in [6.45, 7) is 9.75. The average molecular weight is 436 g/mol. The number of aromatic nitrogens is 2. The summed E-state index contributed by atoms with van der Waals surface area (Å²) in [5.41, 5.74) is 4.63. The summed E-state index contributed by atoms with van der Waals surface area (Å²) in [6.07, 6.45) is 0.899. The lowest BCUT2D eigenvalue weighted by atomic mass is 10.1. The minimum Gasteiger partial charge on any atom is -0.496 e. The molecule has 0 aliphatic rings. The van der Waals surface area contributed by atoms with E-state index in [1.807, 2.05) is 29.9 Å². The normalized spacial score (nSPS) is 12.8. The van der Waals surface area contributed by atoms with Gasteiger partial charge in [-0.2, -0.15) is 5.10 Å². The van der Waals surface area contributed by atoms with E-state index in [2.05, 4.69) is 59.4 Å². The number of nitrogens with one attached hydrogen (secondary N) is 2. The molecule has 0 radical (unpaired) electrons. The van der Waals surface area contributed by atoms with E-state index in [1.165, 1.54) is 11.3 Å². The van der Waals surface area contributed by atoms with Crippen molar-refractivity contribution >= 4 is 21.9 Å². The number of ether oxygens (including phenoxy) is 1. The zero-order valence-electron chi connectivity index (χ0n) is 17.1. The van der Waals surface area contributed by atoms with E-state index in [0.717, 1.165) is 40.4 Å². The Morgan fingerprint density at radius 1 is 1.37 bits per heavy atom. The molecule has 7 heteroatoms. The average Bonchev–Trinajstić information content (AvgIpc) is 2.86. The number of aliphatic imine (C=N–C) groups is 1. The molecule has 2 N–H and O–H groups in total. The van der Waals surface area contributed by atoms with Gasteiger partial charge in [-0.05, 0) is 57.9 Å². The predicted molar refractivity (Wildman–Crippen MR) is 114 cm³/mol. The van der Waals surface area contributed by atoms with Crippen molar-refractivity contribution in [2.75, 3.05) is 13.7 Å². The second kappa shape index (κ2) is 9.78. The van der Waals surface area contributed by atoms with Crippen molar-refractivity contribution in [1.29, 1.82) is 0 Å². The topological polar surface area (TPSA) is 63.5 Å². The Morgan fingerprint density at radius 2 is 2.11 bits per heavy atom. The monoisotopic (exact) mass is 435 g/mol. The molecule has 0 saturated heterocycles. The number of methoxy groups -OCH3 is 1. The number of halogens is 1. The molecule has 0 fully saturated rings. The van der Waals surface area contributed by atoms with Crippen LogP contribution >= 0.6 is 15.9 Å². The first-order valence-corrected chi connectivity index (χ1v) is 10.0. The van der Waals surface area contributed by atoms with Gasteiger partial charge in [-0.3, -0.25) is 4.68 Å². The van der Waals surface area contributed by atoms with Crippen molar-refractivity contribution in [3.8, 4) is 5.75 Å². The minimum absolute atomic E-state index is 0.230. The highest BCUT2D eigenvalue weighted by atomic mass is 79.9. The summed E-state index contributed by atoms with van der Waals surface area (Å²) < 4.78 is 8.40. The Bertz CT molecular complexity index is 800. The molecule has 0 aliphatic heterocycles. The van der Waals surface area contributed by atoms with Crippen LogP contribution in [0.1, 0.15) is 36.4 Å². The first-order valence-electron chi connectivity index (χ1n) is 9.22. The first-order chi connectivity index (χ1) is 12.8. The molecule has 0 spiro atoms. The molecule has 1 heterocycles. The van der Waals surface area contributed by atoms with Gasteiger partial charge in [-0.1, -0.05) is 15.9 Å². The number of nitrogens with zero attached hydrogens (tertiary/aromatic N) is 3. The molecule has 1 aromatic heterocycles. The maximum Gasteiger partial charge on any atom is 0.191 e. The Hall–Kier alpha value is -2.02. The fraction of sp³-hybridized carbons (Fsp3) is 0.500. The second-order valence-corrected chi connectivity index (χ2v) is 7.59. The molecule has 0 saturated carbocycles. The number of guanidine groups is 1. The van der Waals surface area contributed by atoms with Gasteiger partial charge in [0.15, 0.2) is 5.96 Å². The van der Waals surface area contributed by atoms with E-state index in [1.54, 1.807) is 7.11 Å². The molecule has 2 aromatic rings. The third kappa shape index (κ3) is 5.73. The van der Waals surface area contributed by atoms with Gasteiger partial charge in [0.2, 0.25) is 0 Å². The van der Waals surface area contributed by atoms with Gasteiger partial charge in [0.1, 0.15) is 5.75 Å². The summed E-state index contributed by atoms with van der Waals surface area (Å²) in [4.78, 5) is 4.74. The number of hydrogen-bond donors (Lipinski definition) is 2. The number of rotatable bonds is 7. The molecule has 6 nitrogen and oxygen atoms in total. The van der Waals surface area contributed by atoms with Crippen LogP contribution in [0.4, 0.5) is 0 Å². The lowest BCUT2D eigenvalue weighted by molar-refractivity contribution is 0.409. The highest BCUT2D eigenvalue weighted by Crippen LogP contribution is 2.23. The number of hydrogen-bond acceptors (Lipinski definition) is 3. The van der Waals surface area contributed by atoms with Crippen molar-refractivity contribution in [2.24, 2.45) is 12.0 Å². The van der Waals surface area contributed by atoms with Crippen LogP contribution in [0, 0.1) is 13.8 Å². The maximum atomic E-state index is 5.44. The van der Waals surface area contributed by atoms with Crippen LogP contribution < -0.4 is 15.4 Å². The van der Waals surface area contributed by atoms with Gasteiger partial charge in [0.25, 0.3) is 0 Å². The molecule has 1 atom stereocenters. The zero-order valence-corrected chi connectivity index (χ0v) is 18.6. The fourth-order valence-electron chi connectivity index (χ4n) is 3.06. The molecular formula is C20H30BrN5O. The summed E-state index contributed by atoms with van der Waals surface area (Å²) >= 11 is 3.51. The van der Waals surface area contributed by atoms with Gasteiger partial charge in [-0.15, -0.1) is 0 Å². The van der Waals surface area contributed by atoms with Crippen LogP contribution in [0.25, 0.3) is 0 Å². The third-order valence-electron chi connectivity index (χ3n) is 4.55. The highest BCUT2D eigenvalue weighted by molar-refractivity contribution is 9.10.